The van der Waals surface area contributed by atoms with E-state index in [1.807, 2.05) is 24.3 Å². The largest absolute Gasteiger partial charge is 0.354 e. The highest BCUT2D eigenvalue weighted by Gasteiger charge is 2.46. The van der Waals surface area contributed by atoms with Crippen LogP contribution in [0.2, 0.25) is 0 Å². The first-order valence-corrected chi connectivity index (χ1v) is 11.1. The first-order valence-electron chi connectivity index (χ1n) is 10.3. The van der Waals surface area contributed by atoms with E-state index in [4.69, 9.17) is 0 Å². The number of fused-ring (bicyclic) bond motifs is 1. The maximum absolute atomic E-state index is 12.9. The zero-order valence-electron chi connectivity index (χ0n) is 18.2. The molecule has 1 aliphatic rings. The molecule has 1 aromatic heterocycles. The summed E-state index contributed by atoms with van der Waals surface area (Å²) in [5, 5.41) is 10.1. The molecule has 0 unspecified atom stereocenters. The van der Waals surface area contributed by atoms with Crippen molar-refractivity contribution in [3.05, 3.63) is 51.8 Å². The van der Waals surface area contributed by atoms with Gasteiger partial charge >= 0.3 is 0 Å². The van der Waals surface area contributed by atoms with Gasteiger partial charge in [-0.15, -0.1) is 0 Å². The summed E-state index contributed by atoms with van der Waals surface area (Å²) in [7, 11) is 1.60. The summed E-state index contributed by atoms with van der Waals surface area (Å²) in [6.45, 7) is 6.93. The van der Waals surface area contributed by atoms with E-state index in [1.165, 1.54) is 15.6 Å². The minimum absolute atomic E-state index is 0.147. The molecule has 0 saturated carbocycles. The summed E-state index contributed by atoms with van der Waals surface area (Å²) < 4.78 is 2.35. The van der Waals surface area contributed by atoms with E-state index in [-0.39, 0.29) is 30.0 Å². The highest BCUT2D eigenvalue weighted by atomic mass is 79.9. The van der Waals surface area contributed by atoms with E-state index in [1.54, 1.807) is 14.0 Å². The van der Waals surface area contributed by atoms with Crippen molar-refractivity contribution >= 4 is 33.7 Å². The Morgan fingerprint density at radius 1 is 1.26 bits per heavy atom. The molecule has 3 amide bonds. The maximum atomic E-state index is 12.9. The van der Waals surface area contributed by atoms with Gasteiger partial charge in [0.1, 0.15) is 11.2 Å². The average Bonchev–Trinajstić information content (AvgIpc) is 3.15. The lowest BCUT2D eigenvalue weighted by Gasteiger charge is -2.40. The molecule has 0 spiro atoms. The first kappa shape index (κ1) is 23.0. The van der Waals surface area contributed by atoms with Crippen molar-refractivity contribution in [2.45, 2.75) is 45.8 Å². The van der Waals surface area contributed by atoms with Gasteiger partial charge in [-0.2, -0.15) is 5.10 Å². The molecule has 0 fully saturated rings. The standard InChI is InChI=1S/C22H28BrN5O3/c1-14(2)9-10-24-21(31)22(3)13-28-18(20(30)27(22)4)11-17(26-28)19(29)25-12-15-7-5-6-8-16(15)23/h5-8,11,14H,9-10,12-13H2,1-4H3,(H,24,31)(H,25,29)/t22-/m0/s1. The number of hydrogen-bond donors (Lipinski definition) is 2. The third kappa shape index (κ3) is 4.81. The number of amides is 3. The molecule has 0 saturated heterocycles. The molecule has 8 nitrogen and oxygen atoms in total. The van der Waals surface area contributed by atoms with Gasteiger partial charge in [0.05, 0.1) is 6.54 Å². The Labute approximate surface area is 190 Å². The monoisotopic (exact) mass is 489 g/mol. The SMILES string of the molecule is CC(C)CCNC(=O)[C@]1(C)Cn2nc(C(=O)NCc3ccccc3Br)cc2C(=O)N1C. The van der Waals surface area contributed by atoms with Crippen LogP contribution in [0.15, 0.2) is 34.8 Å². The van der Waals surface area contributed by atoms with Gasteiger partial charge in [0.25, 0.3) is 11.8 Å². The van der Waals surface area contributed by atoms with Gasteiger partial charge in [-0.1, -0.05) is 48.0 Å². The number of rotatable bonds is 7. The van der Waals surface area contributed by atoms with E-state index in [2.05, 4.69) is 45.5 Å². The second-order valence-corrected chi connectivity index (χ2v) is 9.28. The van der Waals surface area contributed by atoms with Gasteiger partial charge in [-0.05, 0) is 30.9 Å². The number of carbonyl (C=O) groups excluding carboxylic acids is 3. The van der Waals surface area contributed by atoms with E-state index >= 15 is 0 Å². The Kier molecular flexibility index (Phi) is 6.83. The van der Waals surface area contributed by atoms with E-state index in [0.29, 0.717) is 24.7 Å². The number of hydrogen-bond acceptors (Lipinski definition) is 4. The summed E-state index contributed by atoms with van der Waals surface area (Å²) >= 11 is 3.46. The van der Waals surface area contributed by atoms with Gasteiger partial charge in [-0.3, -0.25) is 19.1 Å². The summed E-state index contributed by atoms with van der Waals surface area (Å²) in [4.78, 5) is 39.9. The zero-order chi connectivity index (χ0) is 22.8. The van der Waals surface area contributed by atoms with Crippen molar-refractivity contribution in [3.63, 3.8) is 0 Å². The molecule has 1 aromatic carbocycles. The topological polar surface area (TPSA) is 96.3 Å². The van der Waals surface area contributed by atoms with Crippen LogP contribution in [0.5, 0.6) is 0 Å². The van der Waals surface area contributed by atoms with Crippen molar-refractivity contribution in [2.24, 2.45) is 5.92 Å². The van der Waals surface area contributed by atoms with Crippen molar-refractivity contribution in [1.29, 1.82) is 0 Å². The van der Waals surface area contributed by atoms with Gasteiger partial charge in [0, 0.05) is 30.7 Å². The molecule has 1 aliphatic heterocycles. The fraction of sp³-hybridized carbons (Fsp3) is 0.455. The predicted octanol–water partition coefficient (Wildman–Crippen LogP) is 2.58. The second-order valence-electron chi connectivity index (χ2n) is 8.42. The fourth-order valence-corrected chi connectivity index (χ4v) is 3.84. The van der Waals surface area contributed by atoms with Crippen LogP contribution in [0.1, 0.15) is 53.7 Å². The van der Waals surface area contributed by atoms with Crippen molar-refractivity contribution in [3.8, 4) is 0 Å². The van der Waals surface area contributed by atoms with Crippen molar-refractivity contribution < 1.29 is 14.4 Å². The van der Waals surface area contributed by atoms with Crippen LogP contribution in [0.4, 0.5) is 0 Å². The number of halogens is 1. The Morgan fingerprint density at radius 2 is 1.97 bits per heavy atom. The molecule has 2 heterocycles. The number of carbonyl (C=O) groups is 3. The third-order valence-electron chi connectivity index (χ3n) is 5.63. The molecule has 9 heteroatoms. The highest BCUT2D eigenvalue weighted by molar-refractivity contribution is 9.10. The van der Waals surface area contributed by atoms with Crippen molar-refractivity contribution in [1.82, 2.24) is 25.3 Å². The molecular formula is C22H28BrN5O3. The fourth-order valence-electron chi connectivity index (χ4n) is 3.41. The van der Waals surface area contributed by atoms with Crippen LogP contribution in [0, 0.1) is 5.92 Å². The summed E-state index contributed by atoms with van der Waals surface area (Å²) in [5.74, 6) is -0.486. The summed E-state index contributed by atoms with van der Waals surface area (Å²) in [5.41, 5.74) is 0.283. The lowest BCUT2D eigenvalue weighted by Crippen LogP contribution is -2.62. The third-order valence-corrected chi connectivity index (χ3v) is 6.40. The van der Waals surface area contributed by atoms with E-state index in [9.17, 15) is 14.4 Å². The minimum atomic E-state index is -1.09. The van der Waals surface area contributed by atoms with Gasteiger partial charge < -0.3 is 15.5 Å². The van der Waals surface area contributed by atoms with E-state index in [0.717, 1.165) is 16.5 Å². The van der Waals surface area contributed by atoms with E-state index < -0.39 is 5.54 Å². The molecular weight excluding hydrogens is 462 g/mol. The van der Waals surface area contributed by atoms with Crippen LogP contribution < -0.4 is 10.6 Å². The quantitative estimate of drug-likeness (QED) is 0.624. The molecule has 0 bridgehead atoms. The molecule has 166 valence electrons. The molecule has 31 heavy (non-hydrogen) atoms. The van der Waals surface area contributed by atoms with Crippen LogP contribution in [-0.2, 0) is 17.9 Å². The molecule has 1 atom stereocenters. The Morgan fingerprint density at radius 3 is 2.65 bits per heavy atom. The maximum Gasteiger partial charge on any atom is 0.272 e. The van der Waals surface area contributed by atoms with Crippen molar-refractivity contribution in [2.75, 3.05) is 13.6 Å². The number of benzene rings is 1. The van der Waals surface area contributed by atoms with Crippen LogP contribution in [0.3, 0.4) is 0 Å². The average molecular weight is 490 g/mol. The summed E-state index contributed by atoms with van der Waals surface area (Å²) in [6.07, 6.45) is 0.856. The zero-order valence-corrected chi connectivity index (χ0v) is 19.8. The molecule has 2 N–H and O–H groups in total. The number of likely N-dealkylation sites (N-methyl/N-ethyl adjacent to an activating group) is 1. The lowest BCUT2D eigenvalue weighted by molar-refractivity contribution is -0.132. The molecule has 2 aromatic rings. The Hall–Kier alpha value is -2.68. The van der Waals surface area contributed by atoms with Gasteiger partial charge in [-0.25, -0.2) is 0 Å². The van der Waals surface area contributed by atoms with Crippen LogP contribution in [0.25, 0.3) is 0 Å². The summed E-state index contributed by atoms with van der Waals surface area (Å²) in [6, 6.07) is 9.08. The molecule has 0 radical (unpaired) electrons. The second kappa shape index (κ2) is 9.21. The predicted molar refractivity (Wildman–Crippen MR) is 121 cm³/mol. The number of nitrogens with zero attached hydrogens (tertiary/aromatic N) is 3. The number of nitrogens with one attached hydrogen (secondary N) is 2. The highest BCUT2D eigenvalue weighted by Crippen LogP contribution is 2.26. The smallest absolute Gasteiger partial charge is 0.272 e. The lowest BCUT2D eigenvalue weighted by atomic mass is 9.95. The first-order chi connectivity index (χ1) is 14.6. The molecule has 3 rings (SSSR count). The number of aromatic nitrogens is 2. The van der Waals surface area contributed by atoms with Crippen LogP contribution >= 0.6 is 15.9 Å². The van der Waals surface area contributed by atoms with Crippen LogP contribution in [-0.4, -0.2) is 51.5 Å². The molecule has 0 aliphatic carbocycles. The normalized spacial score (nSPS) is 18.1. The Bertz CT molecular complexity index is 1000. The van der Waals surface area contributed by atoms with Gasteiger partial charge in [0.2, 0.25) is 5.91 Å². The van der Waals surface area contributed by atoms with Gasteiger partial charge in [0.15, 0.2) is 5.69 Å². The minimum Gasteiger partial charge on any atom is -0.354 e. The Balaban J connectivity index is 1.74.